The number of hydrogen-bond donors (Lipinski definition) is 0. The molecule has 3 rings (SSSR count). The Hall–Kier alpha value is -2.34. The summed E-state index contributed by atoms with van der Waals surface area (Å²) in [5.41, 5.74) is 1.10. The minimum atomic E-state index is -3.29. The average Bonchev–Trinajstić information content (AvgIpc) is 2.79. The van der Waals surface area contributed by atoms with E-state index < -0.39 is 18.3 Å². The normalized spacial score (nSPS) is 16.1. The van der Waals surface area contributed by atoms with Crippen LogP contribution in [0.3, 0.4) is 0 Å². The van der Waals surface area contributed by atoms with Gasteiger partial charge in [-0.2, -0.15) is 4.31 Å². The van der Waals surface area contributed by atoms with Crippen LogP contribution in [0.5, 0.6) is 0 Å². The van der Waals surface area contributed by atoms with Gasteiger partial charge in [0.15, 0.2) is 14.1 Å². The van der Waals surface area contributed by atoms with Crippen LogP contribution in [0.2, 0.25) is 18.1 Å². The minimum absolute atomic E-state index is 0.1000. The zero-order chi connectivity index (χ0) is 26.7. The molecule has 8 nitrogen and oxygen atoms in total. The summed E-state index contributed by atoms with van der Waals surface area (Å²) in [5.74, 6) is -0.0617. The van der Waals surface area contributed by atoms with Gasteiger partial charge in [-0.15, -0.1) is 0 Å². The number of nitrogens with zero attached hydrogens (tertiary/aromatic N) is 4. The number of piperazine rings is 1. The molecular weight excluding hydrogens is 499 g/mol. The summed E-state index contributed by atoms with van der Waals surface area (Å²) in [4.78, 5) is 19.8. The van der Waals surface area contributed by atoms with Crippen molar-refractivity contribution in [2.24, 2.45) is 0 Å². The number of hydrogen-bond acceptors (Lipinski definition) is 6. The molecule has 0 unspecified atom stereocenters. The van der Waals surface area contributed by atoms with Gasteiger partial charge in [0.2, 0.25) is 10.0 Å². The van der Waals surface area contributed by atoms with E-state index in [4.69, 9.17) is 4.43 Å². The van der Waals surface area contributed by atoms with Crippen LogP contribution in [-0.2, 0) is 21.0 Å². The van der Waals surface area contributed by atoms with Gasteiger partial charge in [0, 0.05) is 32.4 Å². The monoisotopic (exact) mass is 536 g/mol. The third-order valence-corrected chi connectivity index (χ3v) is 12.7. The molecule has 1 saturated heterocycles. The molecule has 0 atom stereocenters. The molecule has 0 N–H and O–H groups in total. The van der Waals surface area contributed by atoms with Crippen LogP contribution in [-0.4, -0.2) is 69.6 Å². The second kappa shape index (κ2) is 11.0. The summed E-state index contributed by atoms with van der Waals surface area (Å²) in [6, 6.07) is 6.03. The molecule has 1 aliphatic rings. The van der Waals surface area contributed by atoms with Crippen molar-refractivity contribution in [2.45, 2.75) is 45.4 Å². The Morgan fingerprint density at radius 1 is 1.11 bits per heavy atom. The fourth-order valence-corrected chi connectivity index (χ4v) is 5.38. The van der Waals surface area contributed by atoms with Crippen molar-refractivity contribution in [1.29, 1.82) is 0 Å². The lowest BCUT2D eigenvalue weighted by Gasteiger charge is -2.35. The topological polar surface area (TPSA) is 84.7 Å². The van der Waals surface area contributed by atoms with E-state index in [-0.39, 0.29) is 28.8 Å². The van der Waals surface area contributed by atoms with Crippen molar-refractivity contribution in [1.82, 2.24) is 13.9 Å². The summed E-state index contributed by atoms with van der Waals surface area (Å²) >= 11 is 0. The number of benzene rings is 1. The molecule has 11 heteroatoms. The van der Waals surface area contributed by atoms with Crippen LogP contribution in [0, 0.1) is 5.82 Å². The molecule has 1 fully saturated rings. The molecule has 0 amide bonds. The highest BCUT2D eigenvalue weighted by molar-refractivity contribution is 7.88. The molecule has 1 aromatic heterocycles. The molecule has 0 saturated carbocycles. The highest BCUT2D eigenvalue weighted by Gasteiger charge is 2.36. The third-order valence-electron chi connectivity index (χ3n) is 6.88. The Morgan fingerprint density at radius 3 is 2.28 bits per heavy atom. The minimum Gasteiger partial charge on any atom is -0.413 e. The van der Waals surface area contributed by atoms with E-state index in [0.29, 0.717) is 38.5 Å². The van der Waals surface area contributed by atoms with E-state index in [2.05, 4.69) is 38.8 Å². The van der Waals surface area contributed by atoms with Crippen LogP contribution in [0.25, 0.3) is 6.08 Å². The molecule has 2 aromatic rings. The summed E-state index contributed by atoms with van der Waals surface area (Å²) in [5, 5.41) is 0.1000. The van der Waals surface area contributed by atoms with Gasteiger partial charge < -0.3 is 13.9 Å². The Morgan fingerprint density at radius 2 is 1.72 bits per heavy atom. The lowest BCUT2D eigenvalue weighted by Crippen LogP contribution is -2.50. The second-order valence-corrected chi connectivity index (χ2v) is 17.5. The second-order valence-electron chi connectivity index (χ2n) is 10.7. The highest BCUT2D eigenvalue weighted by atomic mass is 32.2. The van der Waals surface area contributed by atoms with E-state index >= 15 is 0 Å². The fraction of sp³-hybridized carbons (Fsp3) is 0.520. The molecular formula is C25H37FN4O4SSi. The Kier molecular flexibility index (Phi) is 8.59. The van der Waals surface area contributed by atoms with Gasteiger partial charge in [-0.05, 0) is 41.9 Å². The lowest BCUT2D eigenvalue weighted by atomic mass is 10.2. The van der Waals surface area contributed by atoms with Gasteiger partial charge >= 0.3 is 0 Å². The zero-order valence-electron chi connectivity index (χ0n) is 22.0. The number of aromatic nitrogens is 2. The molecule has 198 valence electrons. The van der Waals surface area contributed by atoms with Crippen LogP contribution < -0.4 is 10.5 Å². The predicted octanol–water partition coefficient (Wildman–Crippen LogP) is 3.55. The highest BCUT2D eigenvalue weighted by Crippen LogP contribution is 2.36. The van der Waals surface area contributed by atoms with Crippen LogP contribution in [0.4, 0.5) is 10.2 Å². The molecule has 0 spiro atoms. The Balaban J connectivity index is 1.88. The van der Waals surface area contributed by atoms with Crippen LogP contribution in [0.1, 0.15) is 32.0 Å². The van der Waals surface area contributed by atoms with Crippen molar-refractivity contribution in [3.05, 3.63) is 64.0 Å². The Labute approximate surface area is 214 Å². The first-order valence-electron chi connectivity index (χ1n) is 12.0. The van der Waals surface area contributed by atoms with E-state index in [0.717, 1.165) is 5.56 Å². The first kappa shape index (κ1) is 28.2. The average molecular weight is 537 g/mol. The number of anilines is 1. The molecule has 36 heavy (non-hydrogen) atoms. The number of rotatable bonds is 8. The summed E-state index contributed by atoms with van der Waals surface area (Å²) in [7, 11) is -5.19. The molecule has 0 aliphatic carbocycles. The van der Waals surface area contributed by atoms with Crippen LogP contribution in [0.15, 0.2) is 41.3 Å². The first-order chi connectivity index (χ1) is 16.7. The van der Waals surface area contributed by atoms with Gasteiger partial charge in [0.25, 0.3) is 5.56 Å². The zero-order valence-corrected chi connectivity index (χ0v) is 23.8. The third kappa shape index (κ3) is 7.12. The van der Waals surface area contributed by atoms with Gasteiger partial charge in [-0.3, -0.25) is 4.79 Å². The van der Waals surface area contributed by atoms with Crippen molar-refractivity contribution in [3.63, 3.8) is 0 Å². The van der Waals surface area contributed by atoms with Crippen molar-refractivity contribution in [2.75, 3.05) is 43.9 Å². The van der Waals surface area contributed by atoms with E-state index in [1.807, 2.05) is 17.1 Å². The van der Waals surface area contributed by atoms with Gasteiger partial charge in [0.05, 0.1) is 25.1 Å². The van der Waals surface area contributed by atoms with Crippen molar-refractivity contribution < 1.29 is 17.2 Å². The number of halogens is 1. The molecule has 1 aliphatic heterocycles. The van der Waals surface area contributed by atoms with Crippen LogP contribution >= 0.6 is 0 Å². The van der Waals surface area contributed by atoms with E-state index in [1.165, 1.54) is 22.7 Å². The number of sulfonamides is 1. The first-order valence-corrected chi connectivity index (χ1v) is 16.8. The largest absolute Gasteiger partial charge is 0.413 e. The maximum Gasteiger partial charge on any atom is 0.293 e. The van der Waals surface area contributed by atoms with Gasteiger partial charge in [-0.25, -0.2) is 17.8 Å². The molecule has 1 aromatic carbocycles. The van der Waals surface area contributed by atoms with E-state index in [1.54, 1.807) is 22.9 Å². The molecule has 0 radical (unpaired) electrons. The predicted molar refractivity (Wildman–Crippen MR) is 145 cm³/mol. The smallest absolute Gasteiger partial charge is 0.293 e. The summed E-state index contributed by atoms with van der Waals surface area (Å²) < 4.78 is 46.3. The summed E-state index contributed by atoms with van der Waals surface area (Å²) in [6.07, 6.45) is 6.61. The fourth-order valence-electron chi connectivity index (χ4n) is 3.61. The van der Waals surface area contributed by atoms with Gasteiger partial charge in [0.1, 0.15) is 5.82 Å². The Bertz CT molecular complexity index is 1250. The van der Waals surface area contributed by atoms with E-state index in [9.17, 15) is 17.6 Å². The standard InChI is InChI=1S/C25H37FN4O4SSi/c1-25(2,3)36(5,6)34-17-7-8-22-19-29(18-20-9-11-21(26)12-10-20)24(31)23(27-22)28-13-15-30(16-14-28)35(4,32)33/h7-12,19H,13-18H2,1-6H3/b8-7+. The SMILES string of the molecule is CC(C)(C)[Si](C)(C)OC/C=C/c1cn(Cc2ccc(F)cc2)c(=O)c(N2CCN(S(C)(=O)=O)CC2)n1. The van der Waals surface area contributed by atoms with Gasteiger partial charge in [-0.1, -0.05) is 39.0 Å². The maximum atomic E-state index is 13.4. The molecule has 2 heterocycles. The lowest BCUT2D eigenvalue weighted by molar-refractivity contribution is 0.328. The van der Waals surface area contributed by atoms with Crippen molar-refractivity contribution in [3.8, 4) is 0 Å². The molecule has 0 bridgehead atoms. The maximum absolute atomic E-state index is 13.4. The quantitative estimate of drug-likeness (QED) is 0.480. The van der Waals surface area contributed by atoms with Crippen molar-refractivity contribution >= 4 is 30.2 Å². The summed E-state index contributed by atoms with van der Waals surface area (Å²) in [6.45, 7) is 13.0.